The molecular weight excluding hydrogens is 287 g/mol. The van der Waals surface area contributed by atoms with Crippen molar-refractivity contribution < 1.29 is 8.76 Å². The lowest BCUT2D eigenvalue weighted by molar-refractivity contribution is 0.537. The van der Waals surface area contributed by atoms with E-state index in [0.717, 1.165) is 14.7 Å². The fraction of sp³-hybridized carbons (Fsp3) is 0.250. The van der Waals surface area contributed by atoms with E-state index in [1.807, 2.05) is 13.8 Å². The van der Waals surface area contributed by atoms with Crippen molar-refractivity contribution in [2.75, 3.05) is 0 Å². The van der Waals surface area contributed by atoms with Crippen molar-refractivity contribution >= 4 is 33.7 Å². The smallest absolute Gasteiger partial charge is 0.0254 e. The molecule has 0 saturated carbocycles. The van der Waals surface area contributed by atoms with E-state index in [0.29, 0.717) is 4.90 Å². The summed E-state index contributed by atoms with van der Waals surface area (Å²) < 4.78 is 22.4. The van der Waals surface area contributed by atoms with Gasteiger partial charge in [-0.15, -0.1) is 0 Å². The fourth-order valence-electron chi connectivity index (χ4n) is 1.00. The zero-order chi connectivity index (χ0) is 9.30. The van der Waals surface area contributed by atoms with Crippen LogP contribution in [0, 0.1) is 17.4 Å². The van der Waals surface area contributed by atoms with Gasteiger partial charge < -0.3 is 4.55 Å². The summed E-state index contributed by atoms with van der Waals surface area (Å²) in [6.07, 6.45) is 0. The maximum Gasteiger partial charge on any atom is 0.0254 e. The van der Waals surface area contributed by atoms with Crippen LogP contribution in [0.25, 0.3) is 0 Å². The molecule has 0 heterocycles. The summed E-state index contributed by atoms with van der Waals surface area (Å²) in [7, 11) is 0. The second-order valence-electron chi connectivity index (χ2n) is 2.61. The van der Waals surface area contributed by atoms with E-state index in [1.54, 1.807) is 12.1 Å². The van der Waals surface area contributed by atoms with E-state index >= 15 is 0 Å². The Labute approximate surface area is 87.8 Å². The molecule has 0 aliphatic carbocycles. The van der Waals surface area contributed by atoms with Crippen molar-refractivity contribution in [3.63, 3.8) is 0 Å². The summed E-state index contributed by atoms with van der Waals surface area (Å²) in [6, 6.07) is 3.36. The molecule has 0 aliphatic rings. The van der Waals surface area contributed by atoms with Gasteiger partial charge in [-0.1, -0.05) is 0 Å². The predicted octanol–water partition coefficient (Wildman–Crippen LogP) is 2.15. The minimum atomic E-state index is -2.11. The average molecular weight is 295 g/mol. The van der Waals surface area contributed by atoms with Gasteiger partial charge in [0.1, 0.15) is 0 Å². The third-order valence-electron chi connectivity index (χ3n) is 1.60. The van der Waals surface area contributed by atoms with Crippen LogP contribution in [0.15, 0.2) is 17.0 Å². The molecule has 1 rings (SSSR count). The second-order valence-corrected chi connectivity index (χ2v) is 4.63. The zero-order valence-electron chi connectivity index (χ0n) is 6.76. The Morgan fingerprint density at radius 1 is 1.33 bits per heavy atom. The lowest BCUT2D eigenvalue weighted by atomic mass is 10.2. The van der Waals surface area contributed by atoms with Gasteiger partial charge in [0.25, 0.3) is 0 Å². The molecule has 0 N–H and O–H groups in total. The van der Waals surface area contributed by atoms with Gasteiger partial charge in [0.05, 0.1) is 0 Å². The number of aryl methyl sites for hydroxylation is 2. The first-order valence-corrected chi connectivity index (χ1v) is 5.53. The van der Waals surface area contributed by atoms with Gasteiger partial charge in [-0.05, 0) is 70.8 Å². The Balaban J connectivity index is 3.31. The summed E-state index contributed by atoms with van der Waals surface area (Å²) >= 11 is 0.0969. The van der Waals surface area contributed by atoms with E-state index in [2.05, 4.69) is 22.6 Å². The minimum Gasteiger partial charge on any atom is -0.768 e. The molecular formula is C8H8IO2S-. The fourth-order valence-corrected chi connectivity index (χ4v) is 1.86. The first kappa shape index (κ1) is 10.1. The average Bonchev–Trinajstić information content (AvgIpc) is 1.99. The molecule has 0 fully saturated rings. The Morgan fingerprint density at radius 3 is 2.08 bits per heavy atom. The Morgan fingerprint density at radius 2 is 1.75 bits per heavy atom. The first-order chi connectivity index (χ1) is 5.52. The molecule has 1 atom stereocenters. The zero-order valence-corrected chi connectivity index (χ0v) is 9.73. The highest BCUT2D eigenvalue weighted by Crippen LogP contribution is 2.19. The Bertz CT molecular complexity index is 313. The van der Waals surface area contributed by atoms with E-state index in [1.165, 1.54) is 0 Å². The number of hydrogen-bond donors (Lipinski definition) is 0. The highest BCUT2D eigenvalue weighted by Gasteiger charge is 2.01. The van der Waals surface area contributed by atoms with Crippen LogP contribution in [0.1, 0.15) is 11.1 Å². The standard InChI is InChI=1S/C8H9IO2S/c1-5-3-7(12(10)11)4-6(2)8(5)9/h3-4H,1-2H3,(H,10,11)/p-1. The number of hydrogen-bond acceptors (Lipinski definition) is 2. The molecule has 12 heavy (non-hydrogen) atoms. The highest BCUT2D eigenvalue weighted by molar-refractivity contribution is 14.1. The molecule has 0 saturated heterocycles. The normalized spacial score (nSPS) is 13.0. The van der Waals surface area contributed by atoms with Crippen LogP contribution >= 0.6 is 22.6 Å². The molecule has 1 aromatic carbocycles. The van der Waals surface area contributed by atoms with Crippen molar-refractivity contribution in [1.29, 1.82) is 0 Å². The SMILES string of the molecule is Cc1cc(S(=O)[O-])cc(C)c1I. The van der Waals surface area contributed by atoms with Crippen LogP contribution in [0.5, 0.6) is 0 Å². The molecule has 4 heteroatoms. The van der Waals surface area contributed by atoms with E-state index in [4.69, 9.17) is 0 Å². The van der Waals surface area contributed by atoms with Crippen molar-refractivity contribution in [2.45, 2.75) is 18.7 Å². The molecule has 0 bridgehead atoms. The van der Waals surface area contributed by atoms with Crippen LogP contribution < -0.4 is 0 Å². The van der Waals surface area contributed by atoms with Crippen molar-refractivity contribution in [1.82, 2.24) is 0 Å². The van der Waals surface area contributed by atoms with Gasteiger partial charge in [-0.25, -0.2) is 0 Å². The quantitative estimate of drug-likeness (QED) is 0.588. The predicted molar refractivity (Wildman–Crippen MR) is 55.8 cm³/mol. The van der Waals surface area contributed by atoms with Crippen LogP contribution in [0.4, 0.5) is 0 Å². The number of halogens is 1. The summed E-state index contributed by atoms with van der Waals surface area (Å²) in [4.78, 5) is 0.366. The molecule has 66 valence electrons. The first-order valence-electron chi connectivity index (χ1n) is 3.38. The molecule has 0 aliphatic heterocycles. The minimum absolute atomic E-state index is 0.366. The molecule has 0 amide bonds. The molecule has 1 aromatic rings. The molecule has 1 unspecified atom stereocenters. The third kappa shape index (κ3) is 2.05. The summed E-state index contributed by atoms with van der Waals surface area (Å²) in [5.41, 5.74) is 2.02. The second kappa shape index (κ2) is 3.85. The molecule has 0 spiro atoms. The van der Waals surface area contributed by atoms with Gasteiger partial charge >= 0.3 is 0 Å². The van der Waals surface area contributed by atoms with Crippen molar-refractivity contribution in [3.05, 3.63) is 26.8 Å². The van der Waals surface area contributed by atoms with Crippen LogP contribution in [-0.2, 0) is 11.1 Å². The highest BCUT2D eigenvalue weighted by atomic mass is 127. The monoisotopic (exact) mass is 295 g/mol. The van der Waals surface area contributed by atoms with Gasteiger partial charge in [-0.3, -0.25) is 4.21 Å². The van der Waals surface area contributed by atoms with E-state index in [9.17, 15) is 8.76 Å². The van der Waals surface area contributed by atoms with Crippen molar-refractivity contribution in [2.24, 2.45) is 0 Å². The van der Waals surface area contributed by atoms with Gasteiger partial charge in [0.15, 0.2) is 0 Å². The Kier molecular flexibility index (Phi) is 3.25. The maximum absolute atomic E-state index is 10.6. The largest absolute Gasteiger partial charge is 0.768 e. The van der Waals surface area contributed by atoms with Crippen LogP contribution in [0.2, 0.25) is 0 Å². The molecule has 0 radical (unpaired) electrons. The number of rotatable bonds is 1. The molecule has 2 nitrogen and oxygen atoms in total. The topological polar surface area (TPSA) is 40.1 Å². The van der Waals surface area contributed by atoms with Gasteiger partial charge in [-0.2, -0.15) is 0 Å². The lowest BCUT2D eigenvalue weighted by Crippen LogP contribution is -1.94. The third-order valence-corrected chi connectivity index (χ3v) is 3.92. The van der Waals surface area contributed by atoms with E-state index < -0.39 is 11.1 Å². The van der Waals surface area contributed by atoms with Crippen LogP contribution in [-0.4, -0.2) is 8.76 Å². The van der Waals surface area contributed by atoms with Crippen LogP contribution in [0.3, 0.4) is 0 Å². The Hall–Kier alpha value is 0.0600. The summed E-state index contributed by atoms with van der Waals surface area (Å²) in [5, 5.41) is 0. The summed E-state index contributed by atoms with van der Waals surface area (Å²) in [6.45, 7) is 3.82. The lowest BCUT2D eigenvalue weighted by Gasteiger charge is -2.09. The molecule has 0 aromatic heterocycles. The summed E-state index contributed by atoms with van der Waals surface area (Å²) in [5.74, 6) is 0. The van der Waals surface area contributed by atoms with E-state index in [-0.39, 0.29) is 0 Å². The van der Waals surface area contributed by atoms with Crippen molar-refractivity contribution in [3.8, 4) is 0 Å². The van der Waals surface area contributed by atoms with Gasteiger partial charge in [0, 0.05) is 8.47 Å². The van der Waals surface area contributed by atoms with Gasteiger partial charge in [0.2, 0.25) is 0 Å². The maximum atomic E-state index is 10.6. The number of benzene rings is 1.